The van der Waals surface area contributed by atoms with Gasteiger partial charge in [-0.3, -0.25) is 9.59 Å². The van der Waals surface area contributed by atoms with E-state index in [1.807, 2.05) is 0 Å². The highest BCUT2D eigenvalue weighted by molar-refractivity contribution is 5.80. The van der Waals surface area contributed by atoms with Crippen LogP contribution in [0.5, 0.6) is 0 Å². The van der Waals surface area contributed by atoms with Crippen LogP contribution < -0.4 is 0 Å². The van der Waals surface area contributed by atoms with Crippen molar-refractivity contribution in [2.75, 3.05) is 32.9 Å². The lowest BCUT2D eigenvalue weighted by Gasteiger charge is -2.34. The molecule has 120 valence electrons. The number of carbonyl (C=O) groups excluding carboxylic acids is 1. The first kappa shape index (κ1) is 16.2. The predicted molar refractivity (Wildman–Crippen MR) is 73.0 cm³/mol. The molecule has 0 spiro atoms. The lowest BCUT2D eigenvalue weighted by molar-refractivity contribution is -0.155. The van der Waals surface area contributed by atoms with Gasteiger partial charge in [-0.2, -0.15) is 0 Å². The summed E-state index contributed by atoms with van der Waals surface area (Å²) in [7, 11) is 0. The Morgan fingerprint density at radius 1 is 1.33 bits per heavy atom. The number of hydrogen-bond donors (Lipinski definition) is 1. The average molecular weight is 301 g/mol. The van der Waals surface area contributed by atoms with Crippen LogP contribution in [0.4, 0.5) is 0 Å². The van der Waals surface area contributed by atoms with Gasteiger partial charge < -0.3 is 24.2 Å². The summed E-state index contributed by atoms with van der Waals surface area (Å²) in [4.78, 5) is 24.6. The van der Waals surface area contributed by atoms with Gasteiger partial charge in [-0.25, -0.2) is 0 Å². The standard InChI is InChI=1S/C14H23NO6/c1-10(21-9-11-3-2-5-19-11)14(18)15-4-6-20-12(8-15)7-13(16)17/h10-12H,2-9H2,1H3,(H,16,17)/t10-,11-,12+/m0/s1. The molecule has 2 rings (SSSR count). The number of amides is 1. The lowest BCUT2D eigenvalue weighted by atomic mass is 10.2. The van der Waals surface area contributed by atoms with Crippen molar-refractivity contribution in [2.45, 2.75) is 44.5 Å². The summed E-state index contributed by atoms with van der Waals surface area (Å²) >= 11 is 0. The Hall–Kier alpha value is -1.18. The van der Waals surface area contributed by atoms with Crippen molar-refractivity contribution in [3.63, 3.8) is 0 Å². The molecule has 0 aliphatic carbocycles. The number of morpholine rings is 1. The number of carbonyl (C=O) groups is 2. The third-order valence-corrected chi connectivity index (χ3v) is 3.76. The summed E-state index contributed by atoms with van der Waals surface area (Å²) in [5.41, 5.74) is 0. The van der Waals surface area contributed by atoms with Crippen molar-refractivity contribution in [2.24, 2.45) is 0 Å². The maximum absolute atomic E-state index is 12.3. The van der Waals surface area contributed by atoms with E-state index in [0.717, 1.165) is 19.4 Å². The number of aliphatic carboxylic acids is 1. The Kier molecular flexibility index (Phi) is 5.96. The predicted octanol–water partition coefficient (Wildman–Crippen LogP) is 0.273. The fourth-order valence-corrected chi connectivity index (χ4v) is 2.59. The first-order valence-corrected chi connectivity index (χ1v) is 7.41. The molecule has 2 heterocycles. The first-order chi connectivity index (χ1) is 10.1. The minimum absolute atomic E-state index is 0.0877. The molecule has 2 fully saturated rings. The van der Waals surface area contributed by atoms with Gasteiger partial charge in [0.25, 0.3) is 5.91 Å². The molecule has 2 aliphatic heterocycles. The van der Waals surface area contributed by atoms with E-state index in [1.54, 1.807) is 11.8 Å². The smallest absolute Gasteiger partial charge is 0.306 e. The number of carboxylic acids is 1. The fraction of sp³-hybridized carbons (Fsp3) is 0.857. The fourth-order valence-electron chi connectivity index (χ4n) is 2.59. The molecule has 2 saturated heterocycles. The van der Waals surface area contributed by atoms with Crippen molar-refractivity contribution in [3.8, 4) is 0 Å². The molecule has 1 amide bonds. The van der Waals surface area contributed by atoms with E-state index in [-0.39, 0.29) is 18.4 Å². The third-order valence-electron chi connectivity index (χ3n) is 3.76. The van der Waals surface area contributed by atoms with Crippen LogP contribution in [0.25, 0.3) is 0 Å². The normalized spacial score (nSPS) is 27.6. The van der Waals surface area contributed by atoms with Gasteiger partial charge in [-0.1, -0.05) is 0 Å². The number of ether oxygens (including phenoxy) is 3. The highest BCUT2D eigenvalue weighted by Gasteiger charge is 2.29. The van der Waals surface area contributed by atoms with E-state index in [1.165, 1.54) is 0 Å². The van der Waals surface area contributed by atoms with Gasteiger partial charge in [0.05, 0.1) is 31.8 Å². The molecule has 7 nitrogen and oxygen atoms in total. The van der Waals surface area contributed by atoms with Crippen molar-refractivity contribution in [1.82, 2.24) is 4.90 Å². The summed E-state index contributed by atoms with van der Waals surface area (Å²) in [6, 6.07) is 0. The summed E-state index contributed by atoms with van der Waals surface area (Å²) < 4.78 is 16.4. The maximum Gasteiger partial charge on any atom is 0.306 e. The number of hydrogen-bond acceptors (Lipinski definition) is 5. The second-order valence-electron chi connectivity index (χ2n) is 5.49. The molecule has 21 heavy (non-hydrogen) atoms. The molecule has 2 aliphatic rings. The molecule has 1 N–H and O–H groups in total. The van der Waals surface area contributed by atoms with E-state index in [2.05, 4.69) is 0 Å². The van der Waals surface area contributed by atoms with E-state index in [0.29, 0.717) is 26.3 Å². The molecule has 0 radical (unpaired) electrons. The molecular formula is C14H23NO6. The van der Waals surface area contributed by atoms with Gasteiger partial charge in [0.15, 0.2) is 0 Å². The number of rotatable bonds is 6. The van der Waals surface area contributed by atoms with Crippen molar-refractivity contribution >= 4 is 11.9 Å². The molecule has 0 saturated carbocycles. The Morgan fingerprint density at radius 3 is 2.76 bits per heavy atom. The first-order valence-electron chi connectivity index (χ1n) is 7.41. The molecule has 3 atom stereocenters. The van der Waals surface area contributed by atoms with Crippen LogP contribution in [-0.2, 0) is 23.8 Å². The van der Waals surface area contributed by atoms with Crippen LogP contribution in [0.1, 0.15) is 26.2 Å². The van der Waals surface area contributed by atoms with E-state index >= 15 is 0 Å². The molecule has 0 aromatic heterocycles. The Balaban J connectivity index is 1.76. The number of carboxylic acid groups (broad SMARTS) is 1. The summed E-state index contributed by atoms with van der Waals surface area (Å²) in [5.74, 6) is -1.04. The maximum atomic E-state index is 12.3. The van der Waals surface area contributed by atoms with E-state index in [4.69, 9.17) is 19.3 Å². The largest absolute Gasteiger partial charge is 0.481 e. The highest BCUT2D eigenvalue weighted by atomic mass is 16.5. The lowest BCUT2D eigenvalue weighted by Crippen LogP contribution is -2.49. The van der Waals surface area contributed by atoms with Crippen molar-refractivity contribution in [1.29, 1.82) is 0 Å². The Bertz CT molecular complexity index is 368. The van der Waals surface area contributed by atoms with Gasteiger partial charge >= 0.3 is 5.97 Å². The van der Waals surface area contributed by atoms with Gasteiger partial charge in [0.1, 0.15) is 6.10 Å². The minimum atomic E-state index is -0.919. The molecule has 0 aromatic rings. The van der Waals surface area contributed by atoms with Crippen molar-refractivity contribution < 1.29 is 28.9 Å². The van der Waals surface area contributed by atoms with Crippen LogP contribution in [-0.4, -0.2) is 73.1 Å². The molecule has 7 heteroatoms. The zero-order chi connectivity index (χ0) is 15.2. The third kappa shape index (κ3) is 4.94. The van der Waals surface area contributed by atoms with Crippen LogP contribution in [0.2, 0.25) is 0 Å². The van der Waals surface area contributed by atoms with Gasteiger partial charge in [-0.15, -0.1) is 0 Å². The molecular weight excluding hydrogens is 278 g/mol. The quantitative estimate of drug-likeness (QED) is 0.758. The van der Waals surface area contributed by atoms with Crippen LogP contribution >= 0.6 is 0 Å². The zero-order valence-corrected chi connectivity index (χ0v) is 12.3. The SMILES string of the molecule is C[C@H](OC[C@@H]1CCCO1)C(=O)N1CCO[C@H](CC(=O)O)C1. The van der Waals surface area contributed by atoms with E-state index in [9.17, 15) is 9.59 Å². The highest BCUT2D eigenvalue weighted by Crippen LogP contribution is 2.14. The monoisotopic (exact) mass is 301 g/mol. The van der Waals surface area contributed by atoms with Gasteiger partial charge in [-0.05, 0) is 19.8 Å². The second kappa shape index (κ2) is 7.72. The summed E-state index contributed by atoms with van der Waals surface area (Å²) in [6.07, 6.45) is 1.03. The molecule has 0 unspecified atom stereocenters. The molecule has 0 bridgehead atoms. The summed E-state index contributed by atoms with van der Waals surface area (Å²) in [6.45, 7) is 4.05. The Morgan fingerprint density at radius 2 is 2.10 bits per heavy atom. The number of nitrogens with zero attached hydrogens (tertiary/aromatic N) is 1. The molecule has 0 aromatic carbocycles. The Labute approximate surface area is 124 Å². The second-order valence-corrected chi connectivity index (χ2v) is 5.49. The van der Waals surface area contributed by atoms with Crippen molar-refractivity contribution in [3.05, 3.63) is 0 Å². The summed E-state index contributed by atoms with van der Waals surface area (Å²) in [5, 5.41) is 8.78. The topological polar surface area (TPSA) is 85.3 Å². The van der Waals surface area contributed by atoms with Crippen LogP contribution in [0.15, 0.2) is 0 Å². The van der Waals surface area contributed by atoms with Gasteiger partial charge in [0.2, 0.25) is 0 Å². The van der Waals surface area contributed by atoms with E-state index < -0.39 is 18.2 Å². The average Bonchev–Trinajstić information content (AvgIpc) is 2.97. The minimum Gasteiger partial charge on any atom is -0.481 e. The zero-order valence-electron chi connectivity index (χ0n) is 12.3. The van der Waals surface area contributed by atoms with Gasteiger partial charge in [0, 0.05) is 19.7 Å². The van der Waals surface area contributed by atoms with Crippen LogP contribution in [0, 0.1) is 0 Å². The van der Waals surface area contributed by atoms with Crippen LogP contribution in [0.3, 0.4) is 0 Å².